The summed E-state index contributed by atoms with van der Waals surface area (Å²) in [6.45, 7) is 1.37. The van der Waals surface area contributed by atoms with Crippen molar-refractivity contribution in [3.63, 3.8) is 0 Å². The molecule has 0 aliphatic carbocycles. The van der Waals surface area contributed by atoms with Crippen LogP contribution < -0.4 is 5.32 Å². The largest absolute Gasteiger partial charge is 0.377 e. The Hall–Kier alpha value is -0.0900. The van der Waals surface area contributed by atoms with Crippen molar-refractivity contribution in [3.8, 4) is 0 Å². The number of ether oxygens (including phenoxy) is 1. The third kappa shape index (κ3) is 3.54. The summed E-state index contributed by atoms with van der Waals surface area (Å²) in [5.74, 6) is 0.157. The number of hydrogen-bond donors (Lipinski definition) is 1. The highest BCUT2D eigenvalue weighted by Gasteiger charge is 2.19. The second kappa shape index (κ2) is 5.54. The summed E-state index contributed by atoms with van der Waals surface area (Å²) in [4.78, 5) is 11.1. The molecule has 1 heterocycles. The van der Waals surface area contributed by atoms with Gasteiger partial charge < -0.3 is 10.1 Å². The molecule has 70 valence electrons. The lowest BCUT2D eigenvalue weighted by Gasteiger charge is -2.26. The van der Waals surface area contributed by atoms with Gasteiger partial charge in [0.1, 0.15) is 0 Å². The highest BCUT2D eigenvalue weighted by atomic mass is 79.9. The van der Waals surface area contributed by atoms with E-state index in [9.17, 15) is 4.79 Å². The van der Waals surface area contributed by atoms with Gasteiger partial charge in [-0.05, 0) is 12.8 Å². The second-order valence-corrected chi connectivity index (χ2v) is 3.74. The van der Waals surface area contributed by atoms with E-state index in [0.29, 0.717) is 19.6 Å². The van der Waals surface area contributed by atoms with Crippen LogP contribution >= 0.6 is 15.9 Å². The third-order valence-corrected chi connectivity index (χ3v) is 2.35. The van der Waals surface area contributed by atoms with Crippen LogP contribution in [-0.4, -0.2) is 30.5 Å². The predicted molar refractivity (Wildman–Crippen MR) is 50.4 cm³/mol. The Morgan fingerprint density at radius 1 is 1.50 bits per heavy atom. The van der Waals surface area contributed by atoms with Crippen LogP contribution in [0, 0.1) is 0 Å². The van der Waals surface area contributed by atoms with Gasteiger partial charge in [0.2, 0.25) is 5.91 Å². The first-order valence-electron chi connectivity index (χ1n) is 4.26. The van der Waals surface area contributed by atoms with Crippen LogP contribution in [0.2, 0.25) is 0 Å². The van der Waals surface area contributed by atoms with E-state index >= 15 is 0 Å². The third-order valence-electron chi connectivity index (χ3n) is 1.79. The lowest BCUT2D eigenvalue weighted by molar-refractivity contribution is -0.125. The average molecular weight is 236 g/mol. The molecule has 12 heavy (non-hydrogen) atoms. The summed E-state index contributed by atoms with van der Waals surface area (Å²) in [7, 11) is 0. The molecule has 1 amide bonds. The fraction of sp³-hybridized carbons (Fsp3) is 0.875. The van der Waals surface area contributed by atoms with Crippen LogP contribution in [0.4, 0.5) is 0 Å². The quantitative estimate of drug-likeness (QED) is 0.572. The highest BCUT2D eigenvalue weighted by molar-refractivity contribution is 9.09. The van der Waals surface area contributed by atoms with Gasteiger partial charge in [0.05, 0.1) is 19.3 Å². The number of amides is 1. The van der Waals surface area contributed by atoms with Crippen molar-refractivity contribution < 1.29 is 9.53 Å². The van der Waals surface area contributed by atoms with E-state index in [4.69, 9.17) is 4.74 Å². The summed E-state index contributed by atoms with van der Waals surface area (Å²) in [5, 5.41) is 3.87. The van der Waals surface area contributed by atoms with E-state index < -0.39 is 0 Å². The molecule has 1 aliphatic heterocycles. The van der Waals surface area contributed by atoms with Gasteiger partial charge >= 0.3 is 0 Å². The molecule has 0 aromatic heterocycles. The Kier molecular flexibility index (Phi) is 4.61. The monoisotopic (exact) mass is 235 g/mol. The molecule has 1 fully saturated rings. The summed E-state index contributed by atoms with van der Waals surface area (Å²) >= 11 is 3.32. The van der Waals surface area contributed by atoms with Crippen LogP contribution in [0.1, 0.15) is 19.3 Å². The topological polar surface area (TPSA) is 38.3 Å². The maximum atomic E-state index is 11.1. The number of carbonyl (C=O) groups is 1. The van der Waals surface area contributed by atoms with Gasteiger partial charge in [0.25, 0.3) is 0 Å². The van der Waals surface area contributed by atoms with Crippen LogP contribution in [0.5, 0.6) is 0 Å². The number of rotatable bonds is 5. The fourth-order valence-corrected chi connectivity index (χ4v) is 1.40. The number of nitrogens with one attached hydrogen (secondary N) is 1. The standard InChI is InChI=1S/C8H14BrNO2/c9-4-2-1-3-8(11)10-7-5-12-6-7/h7H,1-6H2,(H,10,11). The van der Waals surface area contributed by atoms with Gasteiger partial charge in [-0.1, -0.05) is 15.9 Å². The van der Waals surface area contributed by atoms with Crippen LogP contribution in [-0.2, 0) is 9.53 Å². The molecule has 0 spiro atoms. The first-order chi connectivity index (χ1) is 5.83. The van der Waals surface area contributed by atoms with Crippen LogP contribution in [0.25, 0.3) is 0 Å². The number of carbonyl (C=O) groups excluding carboxylic acids is 1. The molecule has 0 aromatic carbocycles. The van der Waals surface area contributed by atoms with Crippen LogP contribution in [0.3, 0.4) is 0 Å². The van der Waals surface area contributed by atoms with Crippen molar-refractivity contribution in [2.45, 2.75) is 25.3 Å². The summed E-state index contributed by atoms with van der Waals surface area (Å²) < 4.78 is 4.94. The number of halogens is 1. The normalized spacial score (nSPS) is 17.1. The van der Waals surface area contributed by atoms with Crippen molar-refractivity contribution in [1.82, 2.24) is 5.32 Å². The Morgan fingerprint density at radius 3 is 2.75 bits per heavy atom. The minimum absolute atomic E-state index is 0.157. The summed E-state index contributed by atoms with van der Waals surface area (Å²) in [6, 6.07) is 0.279. The lowest BCUT2D eigenvalue weighted by atomic mass is 10.2. The molecule has 0 unspecified atom stereocenters. The smallest absolute Gasteiger partial charge is 0.220 e. The van der Waals surface area contributed by atoms with Gasteiger partial charge in [0.15, 0.2) is 0 Å². The fourth-order valence-electron chi connectivity index (χ4n) is 0.999. The van der Waals surface area contributed by atoms with E-state index in [0.717, 1.165) is 18.2 Å². The van der Waals surface area contributed by atoms with E-state index in [-0.39, 0.29) is 11.9 Å². The zero-order valence-electron chi connectivity index (χ0n) is 7.01. The van der Waals surface area contributed by atoms with E-state index in [1.807, 2.05) is 0 Å². The molecule has 4 heteroatoms. The summed E-state index contributed by atoms with van der Waals surface area (Å²) in [5.41, 5.74) is 0. The van der Waals surface area contributed by atoms with Crippen molar-refractivity contribution in [2.75, 3.05) is 18.5 Å². The van der Waals surface area contributed by atoms with Gasteiger partial charge in [-0.3, -0.25) is 4.79 Å². The molecule has 1 saturated heterocycles. The summed E-state index contributed by atoms with van der Waals surface area (Å²) in [6.07, 6.45) is 2.67. The lowest BCUT2D eigenvalue weighted by Crippen LogP contribution is -2.48. The van der Waals surface area contributed by atoms with Crippen LogP contribution in [0.15, 0.2) is 0 Å². The predicted octanol–water partition coefficient (Wildman–Crippen LogP) is 1.07. The first kappa shape index (κ1) is 9.99. The Morgan fingerprint density at radius 2 is 2.25 bits per heavy atom. The second-order valence-electron chi connectivity index (χ2n) is 2.95. The van der Waals surface area contributed by atoms with Gasteiger partial charge in [-0.25, -0.2) is 0 Å². The van der Waals surface area contributed by atoms with Gasteiger partial charge in [-0.2, -0.15) is 0 Å². The van der Waals surface area contributed by atoms with Gasteiger partial charge in [0, 0.05) is 11.8 Å². The molecule has 0 radical (unpaired) electrons. The molecule has 0 saturated carbocycles. The first-order valence-corrected chi connectivity index (χ1v) is 5.38. The Labute approximate surface area is 81.0 Å². The number of alkyl halides is 1. The van der Waals surface area contributed by atoms with Crippen molar-refractivity contribution in [1.29, 1.82) is 0 Å². The minimum Gasteiger partial charge on any atom is -0.377 e. The molecular formula is C8H14BrNO2. The molecule has 0 atom stereocenters. The van der Waals surface area contributed by atoms with E-state index in [1.165, 1.54) is 0 Å². The zero-order chi connectivity index (χ0) is 8.81. The van der Waals surface area contributed by atoms with Crippen molar-refractivity contribution >= 4 is 21.8 Å². The SMILES string of the molecule is O=C(CCCCBr)NC1COC1. The van der Waals surface area contributed by atoms with E-state index in [2.05, 4.69) is 21.2 Å². The number of unbranched alkanes of at least 4 members (excludes halogenated alkanes) is 1. The maximum Gasteiger partial charge on any atom is 0.220 e. The molecular weight excluding hydrogens is 222 g/mol. The molecule has 0 aromatic rings. The Balaban J connectivity index is 1.95. The van der Waals surface area contributed by atoms with Crippen molar-refractivity contribution in [2.24, 2.45) is 0 Å². The average Bonchev–Trinajstić information content (AvgIpc) is 1.98. The molecule has 0 bridgehead atoms. The Bertz CT molecular complexity index is 148. The molecule has 1 N–H and O–H groups in total. The van der Waals surface area contributed by atoms with E-state index in [1.54, 1.807) is 0 Å². The molecule has 1 rings (SSSR count). The highest BCUT2D eigenvalue weighted by Crippen LogP contribution is 2.02. The number of hydrogen-bond acceptors (Lipinski definition) is 2. The van der Waals surface area contributed by atoms with Crippen molar-refractivity contribution in [3.05, 3.63) is 0 Å². The van der Waals surface area contributed by atoms with Gasteiger partial charge in [-0.15, -0.1) is 0 Å². The minimum atomic E-state index is 0.157. The molecule has 1 aliphatic rings. The molecule has 3 nitrogen and oxygen atoms in total. The zero-order valence-corrected chi connectivity index (χ0v) is 8.60. The maximum absolute atomic E-state index is 11.1.